The minimum absolute atomic E-state index is 0.00507. The Kier molecular flexibility index (Phi) is 3.66. The lowest BCUT2D eigenvalue weighted by Crippen LogP contribution is -2.43. The lowest BCUT2D eigenvalue weighted by Gasteiger charge is -2.21. The summed E-state index contributed by atoms with van der Waals surface area (Å²) in [4.78, 5) is 13.0. The quantitative estimate of drug-likeness (QED) is 0.932. The van der Waals surface area contributed by atoms with E-state index in [9.17, 15) is 4.79 Å². The zero-order chi connectivity index (χ0) is 11.6. The highest BCUT2D eigenvalue weighted by molar-refractivity contribution is 9.10. The summed E-state index contributed by atoms with van der Waals surface area (Å²) in [5.41, 5.74) is -0.617. The molecule has 1 amide bonds. The zero-order valence-corrected chi connectivity index (χ0v) is 11.5. The second-order valence-corrected chi connectivity index (χ2v) is 6.01. The Morgan fingerprint density at radius 3 is 3.12 bits per heavy atom. The van der Waals surface area contributed by atoms with Crippen LogP contribution in [0.3, 0.4) is 0 Å². The van der Waals surface area contributed by atoms with Crippen LogP contribution in [0.25, 0.3) is 0 Å². The van der Waals surface area contributed by atoms with Crippen LogP contribution in [-0.4, -0.2) is 18.1 Å². The largest absolute Gasteiger partial charge is 0.365 e. The first-order valence-corrected chi connectivity index (χ1v) is 6.93. The summed E-state index contributed by atoms with van der Waals surface area (Å²) in [7, 11) is 0. The van der Waals surface area contributed by atoms with Crippen molar-refractivity contribution < 1.29 is 9.53 Å². The van der Waals surface area contributed by atoms with E-state index in [4.69, 9.17) is 4.74 Å². The second-order valence-electron chi connectivity index (χ2n) is 4.10. The number of halogens is 1. The highest BCUT2D eigenvalue weighted by atomic mass is 79.9. The molecule has 0 radical (unpaired) electrons. The average molecular weight is 304 g/mol. The molecule has 0 aromatic carbocycles. The third kappa shape index (κ3) is 2.64. The van der Waals surface area contributed by atoms with Crippen LogP contribution >= 0.6 is 27.3 Å². The van der Waals surface area contributed by atoms with Gasteiger partial charge in [-0.15, -0.1) is 11.3 Å². The van der Waals surface area contributed by atoms with Crippen LogP contribution in [0.5, 0.6) is 0 Å². The SMILES string of the molecule is CC1(C(=O)NCc2cc(Br)cs2)CCCO1. The predicted molar refractivity (Wildman–Crippen MR) is 67.5 cm³/mol. The maximum Gasteiger partial charge on any atom is 0.252 e. The maximum atomic E-state index is 11.9. The van der Waals surface area contributed by atoms with Gasteiger partial charge in [0.2, 0.25) is 0 Å². The van der Waals surface area contributed by atoms with Gasteiger partial charge >= 0.3 is 0 Å². The fraction of sp³-hybridized carbons (Fsp3) is 0.545. The van der Waals surface area contributed by atoms with Crippen molar-refractivity contribution in [2.45, 2.75) is 31.9 Å². The Labute approximate surface area is 107 Å². The molecular weight excluding hydrogens is 290 g/mol. The number of ether oxygens (including phenoxy) is 1. The van der Waals surface area contributed by atoms with Crippen molar-refractivity contribution in [3.63, 3.8) is 0 Å². The van der Waals surface area contributed by atoms with Crippen molar-refractivity contribution in [1.82, 2.24) is 5.32 Å². The standard InChI is InChI=1S/C11H14BrNO2S/c1-11(3-2-4-15-11)10(14)13-6-9-5-8(12)7-16-9/h5,7H,2-4,6H2,1H3,(H,13,14). The molecule has 1 atom stereocenters. The summed E-state index contributed by atoms with van der Waals surface area (Å²) >= 11 is 5.02. The van der Waals surface area contributed by atoms with E-state index in [2.05, 4.69) is 21.2 Å². The van der Waals surface area contributed by atoms with Crippen LogP contribution in [0.4, 0.5) is 0 Å². The fourth-order valence-corrected chi connectivity index (χ4v) is 3.15. The van der Waals surface area contributed by atoms with Gasteiger partial charge in [0.25, 0.3) is 5.91 Å². The number of hydrogen-bond donors (Lipinski definition) is 1. The number of carbonyl (C=O) groups is 1. The summed E-state index contributed by atoms with van der Waals surface area (Å²) in [6.45, 7) is 3.13. The predicted octanol–water partition coefficient (Wildman–Crippen LogP) is 2.70. The van der Waals surface area contributed by atoms with Gasteiger partial charge in [-0.1, -0.05) is 0 Å². The zero-order valence-electron chi connectivity index (χ0n) is 9.09. The highest BCUT2D eigenvalue weighted by Crippen LogP contribution is 2.25. The Bertz CT molecular complexity index is 385. The normalized spacial score (nSPS) is 24.6. The van der Waals surface area contributed by atoms with E-state index >= 15 is 0 Å². The lowest BCUT2D eigenvalue weighted by molar-refractivity contribution is -0.139. The molecule has 1 aromatic heterocycles. The fourth-order valence-electron chi connectivity index (χ4n) is 1.76. The van der Waals surface area contributed by atoms with Crippen molar-refractivity contribution in [2.75, 3.05) is 6.61 Å². The van der Waals surface area contributed by atoms with E-state index < -0.39 is 5.60 Å². The smallest absolute Gasteiger partial charge is 0.252 e. The molecule has 1 N–H and O–H groups in total. The first-order chi connectivity index (χ1) is 7.60. The molecule has 2 rings (SSSR count). The summed E-state index contributed by atoms with van der Waals surface area (Å²) in [5, 5.41) is 4.93. The van der Waals surface area contributed by atoms with Gasteiger partial charge in [0.15, 0.2) is 0 Å². The maximum absolute atomic E-state index is 11.9. The van der Waals surface area contributed by atoms with Gasteiger partial charge in [0.1, 0.15) is 5.60 Å². The van der Waals surface area contributed by atoms with Crippen molar-refractivity contribution in [3.8, 4) is 0 Å². The van der Waals surface area contributed by atoms with Crippen molar-refractivity contribution in [3.05, 3.63) is 20.8 Å². The van der Waals surface area contributed by atoms with Gasteiger partial charge in [-0.25, -0.2) is 0 Å². The first-order valence-electron chi connectivity index (χ1n) is 5.25. The minimum Gasteiger partial charge on any atom is -0.365 e. The molecule has 1 aliphatic heterocycles. The van der Waals surface area contributed by atoms with Gasteiger partial charge in [0, 0.05) is 21.3 Å². The van der Waals surface area contributed by atoms with Gasteiger partial charge in [-0.3, -0.25) is 4.79 Å². The van der Waals surface area contributed by atoms with Crippen molar-refractivity contribution >= 4 is 33.2 Å². The monoisotopic (exact) mass is 303 g/mol. The van der Waals surface area contributed by atoms with Crippen molar-refractivity contribution in [1.29, 1.82) is 0 Å². The molecule has 0 bridgehead atoms. The molecule has 1 unspecified atom stereocenters. The molecule has 0 saturated carbocycles. The van der Waals surface area contributed by atoms with Crippen LogP contribution in [0.15, 0.2) is 15.9 Å². The lowest BCUT2D eigenvalue weighted by atomic mass is 10.0. The summed E-state index contributed by atoms with van der Waals surface area (Å²) in [6, 6.07) is 2.02. The van der Waals surface area contributed by atoms with Gasteiger partial charge in [-0.05, 0) is 41.8 Å². The van der Waals surface area contributed by atoms with Crippen LogP contribution in [0, 0.1) is 0 Å². The van der Waals surface area contributed by atoms with Gasteiger partial charge in [0.05, 0.1) is 6.54 Å². The molecule has 1 aliphatic rings. The van der Waals surface area contributed by atoms with E-state index in [1.54, 1.807) is 11.3 Å². The molecule has 2 heterocycles. The first kappa shape index (κ1) is 12.1. The Morgan fingerprint density at radius 2 is 2.56 bits per heavy atom. The number of rotatable bonds is 3. The van der Waals surface area contributed by atoms with Gasteiger partial charge < -0.3 is 10.1 Å². The summed E-state index contributed by atoms with van der Waals surface area (Å²) < 4.78 is 6.54. The van der Waals surface area contributed by atoms with E-state index in [1.165, 1.54) is 0 Å². The highest BCUT2D eigenvalue weighted by Gasteiger charge is 2.37. The van der Waals surface area contributed by atoms with Crippen LogP contribution in [0.2, 0.25) is 0 Å². The summed E-state index contributed by atoms with van der Waals surface area (Å²) in [5.74, 6) is -0.00507. The van der Waals surface area contributed by atoms with Crippen LogP contribution in [-0.2, 0) is 16.1 Å². The summed E-state index contributed by atoms with van der Waals surface area (Å²) in [6.07, 6.45) is 1.78. The number of carbonyl (C=O) groups excluding carboxylic acids is 1. The Hall–Kier alpha value is -0.390. The van der Waals surface area contributed by atoms with Crippen LogP contribution < -0.4 is 5.32 Å². The molecule has 1 saturated heterocycles. The van der Waals surface area contributed by atoms with Crippen molar-refractivity contribution in [2.24, 2.45) is 0 Å². The van der Waals surface area contributed by atoms with Gasteiger partial charge in [-0.2, -0.15) is 0 Å². The Balaban J connectivity index is 1.88. The molecule has 5 heteroatoms. The van der Waals surface area contributed by atoms with E-state index in [-0.39, 0.29) is 5.91 Å². The Morgan fingerprint density at radius 1 is 1.75 bits per heavy atom. The topological polar surface area (TPSA) is 38.3 Å². The second kappa shape index (κ2) is 4.85. The molecule has 88 valence electrons. The number of amides is 1. The molecule has 3 nitrogen and oxygen atoms in total. The molecule has 1 aromatic rings. The van der Waals surface area contributed by atoms with E-state index in [1.807, 2.05) is 18.4 Å². The molecule has 16 heavy (non-hydrogen) atoms. The van der Waals surface area contributed by atoms with E-state index in [0.29, 0.717) is 13.2 Å². The number of thiophene rings is 1. The molecule has 1 fully saturated rings. The molecular formula is C11H14BrNO2S. The number of hydrogen-bond acceptors (Lipinski definition) is 3. The minimum atomic E-state index is -0.617. The molecule has 0 aliphatic carbocycles. The third-order valence-corrected chi connectivity index (χ3v) is 4.44. The molecule has 0 spiro atoms. The average Bonchev–Trinajstić information content (AvgIpc) is 2.85. The number of nitrogens with one attached hydrogen (secondary N) is 1. The van der Waals surface area contributed by atoms with E-state index in [0.717, 1.165) is 22.2 Å². The third-order valence-electron chi connectivity index (χ3n) is 2.74. The van der Waals surface area contributed by atoms with Crippen LogP contribution in [0.1, 0.15) is 24.6 Å².